The Morgan fingerprint density at radius 3 is 2.30 bits per heavy atom. The van der Waals surface area contributed by atoms with Gasteiger partial charge in [0.1, 0.15) is 0 Å². The van der Waals surface area contributed by atoms with Crippen LogP contribution in [0.2, 0.25) is 0 Å². The summed E-state index contributed by atoms with van der Waals surface area (Å²) in [6, 6.07) is 25.2. The number of rotatable bonds is 13. The molecule has 2 heterocycles. The number of aliphatic hydroxyl groups is 1. The fraction of sp³-hybridized carbons (Fsp3) is 0.512. The number of nitrogens with one attached hydrogen (secondary N) is 2. The van der Waals surface area contributed by atoms with Crippen LogP contribution in [-0.4, -0.2) is 52.3 Å². The third-order valence-electron chi connectivity index (χ3n) is 10.7. The lowest BCUT2D eigenvalue weighted by Crippen LogP contribution is -2.42. The Kier molecular flexibility index (Phi) is 11.4. The van der Waals surface area contributed by atoms with Crippen LogP contribution in [0, 0.1) is 10.8 Å². The molecule has 4 N–H and O–H groups in total. The van der Waals surface area contributed by atoms with E-state index in [1.165, 1.54) is 19.3 Å². The predicted octanol–water partition coefficient (Wildman–Crippen LogP) is 6.97. The van der Waals surface area contributed by atoms with Crippen molar-refractivity contribution in [2.45, 2.75) is 110 Å². The standard InChI is InChI=1S/C41H53N3O6/c1-40(2)21-34-22-41(3,26-40)27-44(34)24-35-20-36(31-13-11-28(25-45)12-14-31)50-39(49-35)32-17-15-30(16-18-32)33-8-6-7-29(19-33)23-42-37(46)9-4-5-10-38(47)43-48/h6-8,11-19,34-36,39,45,48H,4-5,9-10,20-27H2,1-3H3,(H,42,46)(H,43,47)/t34?,35-,36+,39+,41?/m0/s1. The molecule has 2 aliphatic heterocycles. The Morgan fingerprint density at radius 2 is 1.58 bits per heavy atom. The largest absolute Gasteiger partial charge is 0.392 e. The highest BCUT2D eigenvalue weighted by Gasteiger charge is 2.50. The van der Waals surface area contributed by atoms with E-state index in [-0.39, 0.29) is 31.1 Å². The maximum Gasteiger partial charge on any atom is 0.243 e. The van der Waals surface area contributed by atoms with Gasteiger partial charge in [-0.25, -0.2) is 5.48 Å². The van der Waals surface area contributed by atoms with Crippen LogP contribution in [0.1, 0.15) is 107 Å². The van der Waals surface area contributed by atoms with Crippen molar-refractivity contribution in [2.24, 2.45) is 10.8 Å². The molecule has 6 rings (SSSR count). The van der Waals surface area contributed by atoms with Gasteiger partial charge in [-0.3, -0.25) is 19.7 Å². The zero-order chi connectivity index (χ0) is 35.3. The molecule has 3 aromatic rings. The Bertz CT molecular complexity index is 1610. The molecular weight excluding hydrogens is 630 g/mol. The molecule has 5 atom stereocenters. The molecule has 50 heavy (non-hydrogen) atoms. The Labute approximate surface area is 296 Å². The molecule has 0 spiro atoms. The van der Waals surface area contributed by atoms with Crippen LogP contribution in [0.5, 0.6) is 0 Å². The molecule has 0 radical (unpaired) electrons. The molecule has 3 aliphatic rings. The molecule has 3 fully saturated rings. The van der Waals surface area contributed by atoms with Crippen LogP contribution >= 0.6 is 0 Å². The number of amides is 2. The quantitative estimate of drug-likeness (QED) is 0.0873. The van der Waals surface area contributed by atoms with E-state index in [1.807, 2.05) is 24.3 Å². The lowest BCUT2D eigenvalue weighted by Gasteiger charge is -2.41. The third kappa shape index (κ3) is 9.19. The van der Waals surface area contributed by atoms with Gasteiger partial charge in [0.15, 0.2) is 6.29 Å². The van der Waals surface area contributed by atoms with Crippen LogP contribution in [0.25, 0.3) is 11.1 Å². The number of carbonyl (C=O) groups is 2. The summed E-state index contributed by atoms with van der Waals surface area (Å²) >= 11 is 0. The summed E-state index contributed by atoms with van der Waals surface area (Å²) in [6.07, 6.45) is 5.58. The van der Waals surface area contributed by atoms with Gasteiger partial charge < -0.3 is 19.9 Å². The number of carbonyl (C=O) groups excluding carboxylic acids is 2. The van der Waals surface area contributed by atoms with Crippen LogP contribution < -0.4 is 10.8 Å². The van der Waals surface area contributed by atoms with E-state index in [9.17, 15) is 14.7 Å². The Hall–Kier alpha value is -3.60. The summed E-state index contributed by atoms with van der Waals surface area (Å²) in [6.45, 7) is 9.74. The number of unbranched alkanes of at least 4 members (excludes halogenated alkanes) is 1. The lowest BCUT2D eigenvalue weighted by molar-refractivity contribution is -0.253. The first kappa shape index (κ1) is 36.2. The van der Waals surface area contributed by atoms with E-state index >= 15 is 0 Å². The highest BCUT2D eigenvalue weighted by Crippen LogP contribution is 2.53. The van der Waals surface area contributed by atoms with E-state index in [0.717, 1.165) is 52.9 Å². The minimum atomic E-state index is -0.501. The van der Waals surface area contributed by atoms with Crippen LogP contribution in [0.4, 0.5) is 0 Å². The number of nitrogens with zero attached hydrogens (tertiary/aromatic N) is 1. The summed E-state index contributed by atoms with van der Waals surface area (Å²) in [7, 11) is 0. The highest BCUT2D eigenvalue weighted by atomic mass is 16.7. The van der Waals surface area contributed by atoms with Crippen molar-refractivity contribution >= 4 is 11.8 Å². The predicted molar refractivity (Wildman–Crippen MR) is 192 cm³/mol. The van der Waals surface area contributed by atoms with Crippen molar-refractivity contribution in [1.29, 1.82) is 0 Å². The summed E-state index contributed by atoms with van der Waals surface area (Å²) < 4.78 is 13.4. The van der Waals surface area contributed by atoms with Crippen molar-refractivity contribution in [1.82, 2.24) is 15.7 Å². The summed E-state index contributed by atoms with van der Waals surface area (Å²) in [4.78, 5) is 26.2. The van der Waals surface area contributed by atoms with Gasteiger partial charge >= 0.3 is 0 Å². The Morgan fingerprint density at radius 1 is 0.860 bits per heavy atom. The van der Waals surface area contributed by atoms with Crippen molar-refractivity contribution in [3.63, 3.8) is 0 Å². The minimum Gasteiger partial charge on any atom is -0.392 e. The van der Waals surface area contributed by atoms with E-state index < -0.39 is 12.2 Å². The third-order valence-corrected chi connectivity index (χ3v) is 10.7. The molecule has 2 amide bonds. The van der Waals surface area contributed by atoms with Crippen LogP contribution in [-0.2, 0) is 32.2 Å². The first-order valence-electron chi connectivity index (χ1n) is 18.1. The second kappa shape index (κ2) is 15.7. The molecule has 268 valence electrons. The fourth-order valence-electron chi connectivity index (χ4n) is 8.69. The number of ether oxygens (including phenoxy) is 2. The lowest BCUT2D eigenvalue weighted by atomic mass is 9.65. The van der Waals surface area contributed by atoms with E-state index in [0.29, 0.717) is 42.7 Å². The average Bonchev–Trinajstić information content (AvgIpc) is 3.35. The summed E-state index contributed by atoms with van der Waals surface area (Å²) in [5.74, 6) is -0.505. The van der Waals surface area contributed by atoms with E-state index in [4.69, 9.17) is 14.7 Å². The van der Waals surface area contributed by atoms with Gasteiger partial charge in [0.2, 0.25) is 11.8 Å². The van der Waals surface area contributed by atoms with Crippen molar-refractivity contribution in [2.75, 3.05) is 13.1 Å². The smallest absolute Gasteiger partial charge is 0.243 e. The van der Waals surface area contributed by atoms with Crippen molar-refractivity contribution in [3.05, 3.63) is 95.1 Å². The van der Waals surface area contributed by atoms with Crippen LogP contribution in [0.3, 0.4) is 0 Å². The SMILES string of the molecule is CC1(C)CC2CC(C)(CN2C[C@@H]2C[C@H](c3ccc(CO)cc3)O[C@H](c3ccc(-c4cccc(CNC(=O)CCCCC(=O)NO)c4)cc3)O2)C1. The molecule has 2 saturated heterocycles. The monoisotopic (exact) mass is 683 g/mol. The zero-order valence-electron chi connectivity index (χ0n) is 29.7. The van der Waals surface area contributed by atoms with Crippen LogP contribution in [0.15, 0.2) is 72.8 Å². The average molecular weight is 684 g/mol. The van der Waals surface area contributed by atoms with Crippen molar-refractivity contribution in [3.8, 4) is 11.1 Å². The number of hydrogen-bond acceptors (Lipinski definition) is 7. The fourth-order valence-corrected chi connectivity index (χ4v) is 8.69. The summed E-state index contributed by atoms with van der Waals surface area (Å²) in [5, 5.41) is 21.2. The normalized spacial score (nSPS) is 26.0. The molecule has 1 saturated carbocycles. The molecular formula is C41H53N3O6. The maximum atomic E-state index is 12.3. The topological polar surface area (TPSA) is 120 Å². The van der Waals surface area contributed by atoms with Gasteiger partial charge in [-0.2, -0.15) is 0 Å². The maximum absolute atomic E-state index is 12.3. The number of hydrogen-bond donors (Lipinski definition) is 4. The van der Waals surface area contributed by atoms with Gasteiger partial charge in [-0.15, -0.1) is 0 Å². The zero-order valence-corrected chi connectivity index (χ0v) is 29.7. The van der Waals surface area contributed by atoms with Gasteiger partial charge in [0, 0.05) is 50.5 Å². The molecule has 9 nitrogen and oxygen atoms in total. The van der Waals surface area contributed by atoms with Gasteiger partial charge in [0.25, 0.3) is 0 Å². The first-order valence-corrected chi connectivity index (χ1v) is 18.1. The second-order valence-corrected chi connectivity index (χ2v) is 15.8. The van der Waals surface area contributed by atoms with Gasteiger partial charge in [-0.1, -0.05) is 87.5 Å². The first-order chi connectivity index (χ1) is 24.0. The second-order valence-electron chi connectivity index (χ2n) is 15.8. The van der Waals surface area contributed by atoms with Gasteiger partial charge in [-0.05, 0) is 76.8 Å². The number of benzene rings is 3. The number of fused-ring (bicyclic) bond motifs is 2. The molecule has 9 heteroatoms. The van der Waals surface area contributed by atoms with Crippen molar-refractivity contribution < 1.29 is 29.4 Å². The number of aliphatic hydroxyl groups excluding tert-OH is 1. The summed E-state index contributed by atoms with van der Waals surface area (Å²) in [5.41, 5.74) is 8.41. The Balaban J connectivity index is 1.12. The minimum absolute atomic E-state index is 0.0184. The number of likely N-dealkylation sites (tertiary alicyclic amines) is 1. The molecule has 2 bridgehead atoms. The molecule has 3 aromatic carbocycles. The van der Waals surface area contributed by atoms with E-state index in [1.54, 1.807) is 5.48 Å². The highest BCUT2D eigenvalue weighted by molar-refractivity contribution is 5.76. The molecule has 0 aromatic heterocycles. The number of hydroxylamine groups is 1. The molecule has 1 aliphatic carbocycles. The van der Waals surface area contributed by atoms with Gasteiger partial charge in [0.05, 0.1) is 18.8 Å². The van der Waals surface area contributed by atoms with E-state index in [2.05, 4.69) is 79.5 Å². The molecule has 2 unspecified atom stereocenters.